The van der Waals surface area contributed by atoms with Crippen LogP contribution >= 0.6 is 22.7 Å². The number of hydrogen-bond donors (Lipinski definition) is 0. The zero-order chi connectivity index (χ0) is 19.6. The molecule has 0 unspecified atom stereocenters. The van der Waals surface area contributed by atoms with Crippen molar-refractivity contribution in [2.75, 3.05) is 6.61 Å². The van der Waals surface area contributed by atoms with E-state index in [2.05, 4.69) is 16.5 Å². The summed E-state index contributed by atoms with van der Waals surface area (Å²) in [6, 6.07) is 7.98. The lowest BCUT2D eigenvalue weighted by molar-refractivity contribution is 0.362. The number of ether oxygens (including phenoxy) is 1. The van der Waals surface area contributed by atoms with Crippen LogP contribution in [0.2, 0.25) is 0 Å². The third-order valence-corrected chi connectivity index (χ3v) is 5.23. The summed E-state index contributed by atoms with van der Waals surface area (Å²) in [7, 11) is 0. The number of hydrogen-bond acceptors (Lipinski definition) is 5. The minimum atomic E-state index is -1.82. The van der Waals surface area contributed by atoms with Gasteiger partial charge in [0, 0.05) is 0 Å². The molecule has 0 aliphatic carbocycles. The van der Waals surface area contributed by atoms with Gasteiger partial charge in [-0.05, 0) is 19.1 Å². The van der Waals surface area contributed by atoms with Crippen molar-refractivity contribution in [3.63, 3.8) is 0 Å². The summed E-state index contributed by atoms with van der Waals surface area (Å²) in [6.45, 7) is 5.59. The first-order chi connectivity index (χ1) is 12.9. The predicted octanol–water partition coefficient (Wildman–Crippen LogP) is 6.02. The van der Waals surface area contributed by atoms with E-state index in [0.717, 1.165) is 21.6 Å². The first kappa shape index (κ1) is 19.2. The van der Waals surface area contributed by atoms with E-state index in [9.17, 15) is 17.6 Å². The van der Waals surface area contributed by atoms with Crippen molar-refractivity contribution in [2.24, 2.45) is 0 Å². The Hall–Kier alpha value is -2.52. The fourth-order valence-electron chi connectivity index (χ4n) is 2.16. The normalized spacial score (nSPS) is 10.7. The van der Waals surface area contributed by atoms with Crippen LogP contribution in [0.25, 0.3) is 20.4 Å². The molecule has 0 amide bonds. The molecule has 140 valence electrons. The highest BCUT2D eigenvalue weighted by Gasteiger charge is 2.22. The molecule has 2 heterocycles. The largest absolute Gasteiger partial charge is 0.466 e. The fourth-order valence-corrected chi connectivity index (χ4v) is 3.83. The van der Waals surface area contributed by atoms with Gasteiger partial charge in [0.15, 0.2) is 23.3 Å². The van der Waals surface area contributed by atoms with E-state index in [1.54, 1.807) is 17.4 Å². The van der Waals surface area contributed by atoms with Crippen molar-refractivity contribution in [3.05, 3.63) is 65.2 Å². The van der Waals surface area contributed by atoms with Crippen LogP contribution in [0.4, 0.5) is 17.6 Å². The van der Waals surface area contributed by atoms with Gasteiger partial charge in [0.05, 0.1) is 19.9 Å². The van der Waals surface area contributed by atoms with Crippen LogP contribution in [0.5, 0.6) is 5.19 Å². The standard InChI is InChI=1S/C10H9NOS.C8H3F4NS/c1-2-7-12-10-11-8-5-3-4-6-9(8)13-10;1-2-13-7-5(11)3(9)4(10)6(12)8(7)14-2/h2-6H,1,7H2;1H3. The number of halogens is 4. The third kappa shape index (κ3) is 3.93. The quantitative estimate of drug-likeness (QED) is 0.179. The lowest BCUT2D eigenvalue weighted by Crippen LogP contribution is -1.96. The Bertz CT molecular complexity index is 1050. The van der Waals surface area contributed by atoms with Gasteiger partial charge in [-0.2, -0.15) is 0 Å². The van der Waals surface area contributed by atoms with Crippen LogP contribution in [0, 0.1) is 30.2 Å². The highest BCUT2D eigenvalue weighted by atomic mass is 32.1. The first-order valence-corrected chi connectivity index (χ1v) is 9.24. The number of thiazole rings is 2. The minimum Gasteiger partial charge on any atom is -0.466 e. The average Bonchev–Trinajstić information content (AvgIpc) is 3.26. The summed E-state index contributed by atoms with van der Waals surface area (Å²) in [5.74, 6) is -6.44. The van der Waals surface area contributed by atoms with Crippen LogP contribution in [-0.4, -0.2) is 16.6 Å². The molecule has 0 fully saturated rings. The van der Waals surface area contributed by atoms with Gasteiger partial charge in [-0.3, -0.25) is 0 Å². The van der Waals surface area contributed by atoms with Crippen LogP contribution in [0.1, 0.15) is 5.01 Å². The summed E-state index contributed by atoms with van der Waals surface area (Å²) in [5, 5.41) is 1.06. The number of para-hydroxylation sites is 1. The van der Waals surface area contributed by atoms with E-state index in [1.807, 2.05) is 24.3 Å². The average molecular weight is 412 g/mol. The topological polar surface area (TPSA) is 35.0 Å². The van der Waals surface area contributed by atoms with Gasteiger partial charge in [0.1, 0.15) is 12.1 Å². The number of benzene rings is 2. The van der Waals surface area contributed by atoms with Gasteiger partial charge in [-0.15, -0.1) is 11.3 Å². The zero-order valence-electron chi connectivity index (χ0n) is 13.9. The molecular formula is C18H12F4N2OS2. The molecule has 0 aliphatic rings. The van der Waals surface area contributed by atoms with Crippen molar-refractivity contribution in [2.45, 2.75) is 6.92 Å². The van der Waals surface area contributed by atoms with Gasteiger partial charge in [-0.1, -0.05) is 36.1 Å². The van der Waals surface area contributed by atoms with Crippen molar-refractivity contribution < 1.29 is 22.3 Å². The monoisotopic (exact) mass is 412 g/mol. The smallest absolute Gasteiger partial charge is 0.274 e. The molecule has 4 aromatic rings. The molecular weight excluding hydrogens is 400 g/mol. The van der Waals surface area contributed by atoms with Crippen LogP contribution < -0.4 is 4.74 Å². The van der Waals surface area contributed by atoms with Crippen molar-refractivity contribution >= 4 is 43.1 Å². The summed E-state index contributed by atoms with van der Waals surface area (Å²) >= 11 is 2.34. The SMILES string of the molecule is C=CCOc1nc2ccccc2s1.Cc1nc2c(F)c(F)c(F)c(F)c2s1. The highest BCUT2D eigenvalue weighted by molar-refractivity contribution is 7.20. The maximum atomic E-state index is 13.0. The van der Waals surface area contributed by atoms with E-state index in [-0.39, 0.29) is 4.70 Å². The van der Waals surface area contributed by atoms with Gasteiger partial charge in [0.2, 0.25) is 0 Å². The fraction of sp³-hybridized carbons (Fsp3) is 0.111. The first-order valence-electron chi connectivity index (χ1n) is 7.60. The Kier molecular flexibility index (Phi) is 5.71. The van der Waals surface area contributed by atoms with E-state index < -0.39 is 28.8 Å². The molecule has 0 saturated carbocycles. The van der Waals surface area contributed by atoms with Crippen LogP contribution in [0.15, 0.2) is 36.9 Å². The molecule has 2 aromatic carbocycles. The molecule has 0 saturated heterocycles. The lowest BCUT2D eigenvalue weighted by Gasteiger charge is -1.97. The van der Waals surface area contributed by atoms with Gasteiger partial charge >= 0.3 is 0 Å². The van der Waals surface area contributed by atoms with E-state index in [0.29, 0.717) is 16.8 Å². The van der Waals surface area contributed by atoms with Crippen molar-refractivity contribution in [1.29, 1.82) is 0 Å². The van der Waals surface area contributed by atoms with Gasteiger partial charge in [0.25, 0.3) is 5.19 Å². The number of fused-ring (bicyclic) bond motifs is 2. The molecule has 9 heteroatoms. The Morgan fingerprint density at radius 3 is 2.41 bits per heavy atom. The summed E-state index contributed by atoms with van der Waals surface area (Å²) in [6.07, 6.45) is 1.71. The Morgan fingerprint density at radius 1 is 1.00 bits per heavy atom. The van der Waals surface area contributed by atoms with E-state index in [4.69, 9.17) is 4.74 Å². The van der Waals surface area contributed by atoms with E-state index in [1.165, 1.54) is 6.92 Å². The minimum absolute atomic E-state index is 0.293. The maximum Gasteiger partial charge on any atom is 0.274 e. The molecule has 0 bridgehead atoms. The molecule has 4 rings (SSSR count). The zero-order valence-corrected chi connectivity index (χ0v) is 15.6. The van der Waals surface area contributed by atoms with Crippen molar-refractivity contribution in [3.8, 4) is 5.19 Å². The molecule has 3 nitrogen and oxygen atoms in total. The molecule has 0 N–H and O–H groups in total. The summed E-state index contributed by atoms with van der Waals surface area (Å²) in [5.41, 5.74) is 0.537. The Labute approximate surface area is 159 Å². The van der Waals surface area contributed by atoms with Crippen LogP contribution in [0.3, 0.4) is 0 Å². The highest BCUT2D eigenvalue weighted by Crippen LogP contribution is 2.30. The second-order valence-corrected chi connectivity index (χ2v) is 7.41. The number of aromatic nitrogens is 2. The summed E-state index contributed by atoms with van der Waals surface area (Å²) in [4.78, 5) is 7.87. The van der Waals surface area contributed by atoms with E-state index >= 15 is 0 Å². The lowest BCUT2D eigenvalue weighted by atomic mass is 10.3. The maximum absolute atomic E-state index is 13.0. The molecule has 2 aromatic heterocycles. The number of nitrogens with zero attached hydrogens (tertiary/aromatic N) is 2. The van der Waals surface area contributed by atoms with Gasteiger partial charge in [-0.25, -0.2) is 27.5 Å². The van der Waals surface area contributed by atoms with Crippen molar-refractivity contribution in [1.82, 2.24) is 9.97 Å². The molecule has 0 radical (unpaired) electrons. The number of aryl methyl sites for hydroxylation is 1. The predicted molar refractivity (Wildman–Crippen MR) is 99.5 cm³/mol. The Balaban J connectivity index is 0.000000156. The van der Waals surface area contributed by atoms with Gasteiger partial charge < -0.3 is 4.74 Å². The molecule has 0 atom stereocenters. The Morgan fingerprint density at radius 2 is 1.70 bits per heavy atom. The second-order valence-electron chi connectivity index (χ2n) is 5.21. The van der Waals surface area contributed by atoms with Crippen LogP contribution in [-0.2, 0) is 0 Å². The summed E-state index contributed by atoms with van der Waals surface area (Å²) < 4.78 is 57.7. The third-order valence-electron chi connectivity index (χ3n) is 3.32. The molecule has 0 aliphatic heterocycles. The second kappa shape index (κ2) is 8.01. The molecule has 27 heavy (non-hydrogen) atoms. The molecule has 0 spiro atoms. The number of rotatable bonds is 3.